The number of nitrogens with zero attached hydrogens (tertiary/aromatic N) is 2. The van der Waals surface area contributed by atoms with Gasteiger partial charge in [0.1, 0.15) is 12.1 Å². The van der Waals surface area contributed by atoms with E-state index in [1.807, 2.05) is 37.3 Å². The number of pyridine rings is 1. The molecule has 0 fully saturated rings. The number of ether oxygens (including phenoxy) is 2. The highest BCUT2D eigenvalue weighted by Crippen LogP contribution is 2.22. The molecule has 0 aliphatic carbocycles. The minimum Gasteiger partial charge on any atom is -0.475 e. The number of hydrogen-bond acceptors (Lipinski definition) is 4. The molecule has 21 heavy (non-hydrogen) atoms. The van der Waals surface area contributed by atoms with Crippen LogP contribution in [0.4, 0.5) is 0 Å². The van der Waals surface area contributed by atoms with Crippen molar-refractivity contribution in [2.75, 3.05) is 13.2 Å². The molecule has 0 N–H and O–H groups in total. The van der Waals surface area contributed by atoms with Crippen molar-refractivity contribution < 1.29 is 9.47 Å². The molecule has 1 aromatic heterocycles. The largest absolute Gasteiger partial charge is 0.475 e. The Morgan fingerprint density at radius 1 is 1.19 bits per heavy atom. The maximum atomic E-state index is 5.79. The van der Waals surface area contributed by atoms with E-state index in [2.05, 4.69) is 22.1 Å². The lowest BCUT2D eigenvalue weighted by atomic mass is 10.1. The molecule has 0 radical (unpaired) electrons. The molecule has 0 saturated heterocycles. The van der Waals surface area contributed by atoms with Crippen molar-refractivity contribution in [3.63, 3.8) is 0 Å². The van der Waals surface area contributed by atoms with Gasteiger partial charge < -0.3 is 9.47 Å². The summed E-state index contributed by atoms with van der Waals surface area (Å²) in [5.74, 6) is 0.647. The molecule has 0 saturated carbocycles. The zero-order chi connectivity index (χ0) is 14.5. The van der Waals surface area contributed by atoms with Gasteiger partial charge >= 0.3 is 0 Å². The fourth-order valence-corrected chi connectivity index (χ4v) is 2.21. The van der Waals surface area contributed by atoms with Crippen LogP contribution in [-0.2, 0) is 16.1 Å². The first kappa shape index (κ1) is 13.8. The van der Waals surface area contributed by atoms with Gasteiger partial charge in [0, 0.05) is 12.4 Å². The molecule has 2 aromatic rings. The molecule has 0 bridgehead atoms. The maximum Gasteiger partial charge on any atom is 0.218 e. The van der Waals surface area contributed by atoms with Gasteiger partial charge in [-0.1, -0.05) is 30.3 Å². The fraction of sp³-hybridized carbons (Fsp3) is 0.294. The van der Waals surface area contributed by atoms with Gasteiger partial charge in [0.25, 0.3) is 0 Å². The summed E-state index contributed by atoms with van der Waals surface area (Å²) < 4.78 is 11.5. The number of aromatic nitrogens is 1. The summed E-state index contributed by atoms with van der Waals surface area (Å²) in [7, 11) is 0. The second kappa shape index (κ2) is 6.06. The Hall–Kier alpha value is -2.20. The van der Waals surface area contributed by atoms with Gasteiger partial charge in [-0.3, -0.25) is 4.98 Å². The normalized spacial score (nSPS) is 20.9. The summed E-state index contributed by atoms with van der Waals surface area (Å²) in [5.41, 5.74) is 1.74. The Bertz CT molecular complexity index is 613. The molecule has 1 aliphatic rings. The van der Waals surface area contributed by atoms with Crippen molar-refractivity contribution >= 4 is 5.90 Å². The Morgan fingerprint density at radius 3 is 2.81 bits per heavy atom. The van der Waals surface area contributed by atoms with Crippen LogP contribution in [0.2, 0.25) is 0 Å². The van der Waals surface area contributed by atoms with Crippen molar-refractivity contribution in [2.24, 2.45) is 4.99 Å². The van der Waals surface area contributed by atoms with Gasteiger partial charge in [-0.25, -0.2) is 4.99 Å². The molecule has 108 valence electrons. The summed E-state index contributed by atoms with van der Waals surface area (Å²) in [6, 6.07) is 14.0. The van der Waals surface area contributed by atoms with Crippen LogP contribution < -0.4 is 0 Å². The molecule has 1 unspecified atom stereocenters. The molecular weight excluding hydrogens is 264 g/mol. The molecule has 1 aromatic carbocycles. The van der Waals surface area contributed by atoms with Crippen molar-refractivity contribution in [3.8, 4) is 0 Å². The third-order valence-corrected chi connectivity index (χ3v) is 3.32. The van der Waals surface area contributed by atoms with Gasteiger partial charge in [0.2, 0.25) is 5.90 Å². The summed E-state index contributed by atoms with van der Waals surface area (Å²) >= 11 is 0. The van der Waals surface area contributed by atoms with E-state index >= 15 is 0 Å². The molecule has 4 heteroatoms. The molecule has 0 spiro atoms. The standard InChI is InChI=1S/C17H18N2O2/c1-17(12-20-11-14-6-3-2-4-7-14)13-21-16(19-17)15-8-5-9-18-10-15/h2-10H,11-13H2,1H3. The van der Waals surface area contributed by atoms with Crippen LogP contribution in [0.5, 0.6) is 0 Å². The molecule has 1 aliphatic heterocycles. The van der Waals surface area contributed by atoms with E-state index in [4.69, 9.17) is 9.47 Å². The van der Waals surface area contributed by atoms with E-state index in [1.165, 1.54) is 0 Å². The third-order valence-electron chi connectivity index (χ3n) is 3.32. The average molecular weight is 282 g/mol. The number of aliphatic imine (C=N–C) groups is 1. The van der Waals surface area contributed by atoms with Crippen LogP contribution in [0.1, 0.15) is 18.1 Å². The van der Waals surface area contributed by atoms with E-state index in [0.717, 1.165) is 11.1 Å². The van der Waals surface area contributed by atoms with Gasteiger partial charge in [-0.15, -0.1) is 0 Å². The molecule has 3 rings (SSSR count). The monoisotopic (exact) mass is 282 g/mol. The van der Waals surface area contributed by atoms with Crippen molar-refractivity contribution in [3.05, 3.63) is 66.0 Å². The summed E-state index contributed by atoms with van der Waals surface area (Å²) in [6.07, 6.45) is 3.50. The van der Waals surface area contributed by atoms with Crippen LogP contribution >= 0.6 is 0 Å². The predicted molar refractivity (Wildman–Crippen MR) is 81.2 cm³/mol. The highest BCUT2D eigenvalue weighted by atomic mass is 16.5. The lowest BCUT2D eigenvalue weighted by Gasteiger charge is -2.18. The maximum absolute atomic E-state index is 5.79. The van der Waals surface area contributed by atoms with E-state index in [-0.39, 0.29) is 5.54 Å². The Balaban J connectivity index is 1.59. The van der Waals surface area contributed by atoms with Crippen LogP contribution in [0.25, 0.3) is 0 Å². The van der Waals surface area contributed by atoms with Crippen molar-refractivity contribution in [2.45, 2.75) is 19.1 Å². The zero-order valence-corrected chi connectivity index (χ0v) is 12.0. The van der Waals surface area contributed by atoms with E-state index in [0.29, 0.717) is 25.7 Å². The topological polar surface area (TPSA) is 43.7 Å². The van der Waals surface area contributed by atoms with Gasteiger partial charge in [-0.05, 0) is 24.6 Å². The average Bonchev–Trinajstić information content (AvgIpc) is 2.92. The Labute approximate surface area is 124 Å². The SMILES string of the molecule is CC1(COCc2ccccc2)COC(c2cccnc2)=N1. The molecule has 0 amide bonds. The van der Waals surface area contributed by atoms with Crippen LogP contribution in [-0.4, -0.2) is 29.6 Å². The Kier molecular flexibility index (Phi) is 3.97. The number of rotatable bonds is 5. The Morgan fingerprint density at radius 2 is 2.05 bits per heavy atom. The summed E-state index contributed by atoms with van der Waals surface area (Å²) in [5, 5.41) is 0. The highest BCUT2D eigenvalue weighted by molar-refractivity contribution is 5.95. The smallest absolute Gasteiger partial charge is 0.218 e. The molecule has 2 heterocycles. The molecule has 1 atom stereocenters. The first-order chi connectivity index (χ1) is 10.3. The molecular formula is C17H18N2O2. The number of benzene rings is 1. The lowest BCUT2D eigenvalue weighted by Crippen LogP contribution is -2.30. The predicted octanol–water partition coefficient (Wildman–Crippen LogP) is 2.83. The summed E-state index contributed by atoms with van der Waals surface area (Å²) in [6.45, 7) is 3.70. The highest BCUT2D eigenvalue weighted by Gasteiger charge is 2.32. The quantitative estimate of drug-likeness (QED) is 0.847. The van der Waals surface area contributed by atoms with Crippen molar-refractivity contribution in [1.82, 2.24) is 4.98 Å². The van der Waals surface area contributed by atoms with Gasteiger partial charge in [0.15, 0.2) is 0 Å². The van der Waals surface area contributed by atoms with Crippen LogP contribution in [0, 0.1) is 0 Å². The first-order valence-electron chi connectivity index (χ1n) is 7.00. The second-order valence-electron chi connectivity index (χ2n) is 5.42. The summed E-state index contributed by atoms with van der Waals surface area (Å²) in [4.78, 5) is 8.74. The van der Waals surface area contributed by atoms with E-state index in [9.17, 15) is 0 Å². The van der Waals surface area contributed by atoms with E-state index < -0.39 is 0 Å². The lowest BCUT2D eigenvalue weighted by molar-refractivity contribution is 0.0690. The van der Waals surface area contributed by atoms with Crippen LogP contribution in [0.3, 0.4) is 0 Å². The minimum atomic E-state index is -0.333. The van der Waals surface area contributed by atoms with E-state index in [1.54, 1.807) is 12.4 Å². The second-order valence-corrected chi connectivity index (χ2v) is 5.42. The number of hydrogen-bond donors (Lipinski definition) is 0. The third kappa shape index (κ3) is 3.47. The fourth-order valence-electron chi connectivity index (χ4n) is 2.21. The van der Waals surface area contributed by atoms with Gasteiger partial charge in [-0.2, -0.15) is 0 Å². The zero-order valence-electron chi connectivity index (χ0n) is 12.0. The van der Waals surface area contributed by atoms with Gasteiger partial charge in [0.05, 0.1) is 18.8 Å². The first-order valence-corrected chi connectivity index (χ1v) is 7.00. The minimum absolute atomic E-state index is 0.333. The van der Waals surface area contributed by atoms with Crippen molar-refractivity contribution in [1.29, 1.82) is 0 Å². The molecule has 4 nitrogen and oxygen atoms in total. The van der Waals surface area contributed by atoms with Crippen LogP contribution in [0.15, 0.2) is 59.9 Å².